The Labute approximate surface area is 118 Å². The molecule has 2 unspecified atom stereocenters. The smallest absolute Gasteiger partial charge is 0.123 e. The topological polar surface area (TPSA) is 46.5 Å². The fourth-order valence-electron chi connectivity index (χ4n) is 3.03. The van der Waals surface area contributed by atoms with Crippen molar-refractivity contribution >= 4 is 6.29 Å². The molecule has 1 aliphatic heterocycles. The molecule has 0 spiro atoms. The van der Waals surface area contributed by atoms with Crippen molar-refractivity contribution in [3.8, 4) is 0 Å². The molecule has 110 valence electrons. The van der Waals surface area contributed by atoms with Crippen molar-refractivity contribution in [1.29, 1.82) is 0 Å². The van der Waals surface area contributed by atoms with Gasteiger partial charge in [0.15, 0.2) is 0 Å². The number of hydrogen-bond donors (Lipinski definition) is 1. The summed E-state index contributed by atoms with van der Waals surface area (Å²) >= 11 is 0. The molecule has 1 N–H and O–H groups in total. The van der Waals surface area contributed by atoms with Crippen molar-refractivity contribution in [3.63, 3.8) is 0 Å². The lowest BCUT2D eigenvalue weighted by Crippen LogP contribution is -2.44. The lowest BCUT2D eigenvalue weighted by Gasteiger charge is -2.43. The Morgan fingerprint density at radius 1 is 1.45 bits per heavy atom. The average Bonchev–Trinajstić information content (AvgIpc) is 2.38. The number of rotatable bonds is 4. The first kappa shape index (κ1) is 15.1. The molecule has 0 saturated carbocycles. The van der Waals surface area contributed by atoms with Crippen LogP contribution in [0.1, 0.15) is 38.7 Å². The van der Waals surface area contributed by atoms with Crippen molar-refractivity contribution in [2.75, 3.05) is 6.61 Å². The third-order valence-electron chi connectivity index (χ3n) is 4.11. The molecule has 1 aromatic rings. The Morgan fingerprint density at radius 3 is 2.65 bits per heavy atom. The Hall–Kier alpha value is -1.26. The van der Waals surface area contributed by atoms with E-state index in [-0.39, 0.29) is 23.8 Å². The summed E-state index contributed by atoms with van der Waals surface area (Å²) in [5.41, 5.74) is -0.982. The molecule has 2 rings (SSSR count). The molecule has 2 atom stereocenters. The van der Waals surface area contributed by atoms with Gasteiger partial charge in [0.25, 0.3) is 0 Å². The molecule has 0 radical (unpaired) electrons. The quantitative estimate of drug-likeness (QED) is 0.863. The van der Waals surface area contributed by atoms with E-state index in [2.05, 4.69) is 0 Å². The van der Waals surface area contributed by atoms with Gasteiger partial charge in [-0.1, -0.05) is 12.1 Å². The summed E-state index contributed by atoms with van der Waals surface area (Å²) in [4.78, 5) is 11.0. The highest BCUT2D eigenvalue weighted by molar-refractivity contribution is 5.53. The van der Waals surface area contributed by atoms with Gasteiger partial charge in [0.2, 0.25) is 0 Å². The Balaban J connectivity index is 2.33. The predicted molar refractivity (Wildman–Crippen MR) is 73.7 cm³/mol. The predicted octanol–water partition coefficient (Wildman–Crippen LogP) is 2.81. The first-order valence-corrected chi connectivity index (χ1v) is 6.93. The molecule has 1 heterocycles. The number of carbonyl (C=O) groups excluding carboxylic acids is 1. The van der Waals surface area contributed by atoms with Gasteiger partial charge in [-0.3, -0.25) is 0 Å². The monoisotopic (exact) mass is 280 g/mol. The van der Waals surface area contributed by atoms with Gasteiger partial charge in [-0.2, -0.15) is 0 Å². The number of halogens is 1. The van der Waals surface area contributed by atoms with E-state index >= 15 is 0 Å². The molecule has 1 aromatic carbocycles. The summed E-state index contributed by atoms with van der Waals surface area (Å²) in [7, 11) is 0. The minimum absolute atomic E-state index is 0.0133. The van der Waals surface area contributed by atoms with E-state index in [0.717, 1.165) is 6.29 Å². The summed E-state index contributed by atoms with van der Waals surface area (Å²) in [6.07, 6.45) is 2.09. The van der Waals surface area contributed by atoms with Gasteiger partial charge >= 0.3 is 0 Å². The second-order valence-corrected chi connectivity index (χ2v) is 6.10. The second kappa shape index (κ2) is 5.62. The number of benzene rings is 1. The lowest BCUT2D eigenvalue weighted by molar-refractivity contribution is -0.140. The summed E-state index contributed by atoms with van der Waals surface area (Å²) in [6.45, 7) is 4.51. The number of aldehydes is 1. The molecule has 0 aliphatic carbocycles. The van der Waals surface area contributed by atoms with Crippen LogP contribution in [0.4, 0.5) is 4.39 Å². The van der Waals surface area contributed by atoms with Crippen LogP contribution >= 0.6 is 0 Å². The lowest BCUT2D eigenvalue weighted by atomic mass is 9.72. The maximum Gasteiger partial charge on any atom is 0.123 e. The van der Waals surface area contributed by atoms with Crippen LogP contribution in [0.15, 0.2) is 24.3 Å². The molecule has 1 fully saturated rings. The number of aliphatic hydroxyl groups is 1. The van der Waals surface area contributed by atoms with Gasteiger partial charge in [0.1, 0.15) is 12.1 Å². The first-order chi connectivity index (χ1) is 9.37. The van der Waals surface area contributed by atoms with E-state index in [1.165, 1.54) is 12.1 Å². The molecule has 1 aliphatic rings. The number of carbonyl (C=O) groups is 1. The maximum atomic E-state index is 13.1. The molecule has 0 aromatic heterocycles. The van der Waals surface area contributed by atoms with Crippen LogP contribution in [-0.2, 0) is 15.1 Å². The van der Waals surface area contributed by atoms with Gasteiger partial charge < -0.3 is 14.6 Å². The molecule has 3 nitrogen and oxygen atoms in total. The van der Waals surface area contributed by atoms with Crippen LogP contribution in [-0.4, -0.2) is 23.6 Å². The average molecular weight is 280 g/mol. The minimum Gasteiger partial charge on any atom is -0.384 e. The summed E-state index contributed by atoms with van der Waals surface area (Å²) in [5.74, 6) is -0.434. The molecular weight excluding hydrogens is 259 g/mol. The first-order valence-electron chi connectivity index (χ1n) is 6.93. The fraction of sp³-hybridized carbons (Fsp3) is 0.562. The van der Waals surface area contributed by atoms with Crippen molar-refractivity contribution in [3.05, 3.63) is 35.6 Å². The fourth-order valence-corrected chi connectivity index (χ4v) is 3.03. The largest absolute Gasteiger partial charge is 0.384 e. The van der Waals surface area contributed by atoms with Gasteiger partial charge in [0.05, 0.1) is 11.2 Å². The van der Waals surface area contributed by atoms with E-state index in [1.807, 2.05) is 13.8 Å². The summed E-state index contributed by atoms with van der Waals surface area (Å²) in [6, 6.07) is 5.74. The Morgan fingerprint density at radius 2 is 2.10 bits per heavy atom. The number of hydrogen-bond acceptors (Lipinski definition) is 3. The molecule has 0 amide bonds. The minimum atomic E-state index is -1.25. The van der Waals surface area contributed by atoms with E-state index in [4.69, 9.17) is 4.74 Å². The third kappa shape index (κ3) is 3.07. The van der Waals surface area contributed by atoms with Crippen molar-refractivity contribution < 1.29 is 19.0 Å². The highest BCUT2D eigenvalue weighted by Gasteiger charge is 2.43. The van der Waals surface area contributed by atoms with Crippen LogP contribution in [0.2, 0.25) is 0 Å². The van der Waals surface area contributed by atoms with Gasteiger partial charge in [-0.15, -0.1) is 0 Å². The van der Waals surface area contributed by atoms with Crippen molar-refractivity contribution in [2.45, 2.75) is 44.3 Å². The highest BCUT2D eigenvalue weighted by Crippen LogP contribution is 2.42. The molecule has 0 bridgehead atoms. The van der Waals surface area contributed by atoms with E-state index in [0.29, 0.717) is 25.0 Å². The standard InChI is InChI=1S/C16H21FO3/c1-15(2)11-13(7-10-20-15)16(19,8-9-18)12-3-5-14(17)6-4-12/h3-6,9,13,19H,7-8,10-11H2,1-2H3. The van der Waals surface area contributed by atoms with Crippen LogP contribution in [0, 0.1) is 11.7 Å². The zero-order valence-corrected chi connectivity index (χ0v) is 11.9. The molecule has 20 heavy (non-hydrogen) atoms. The zero-order chi connectivity index (χ0) is 14.8. The molecule has 1 saturated heterocycles. The number of ether oxygens (including phenoxy) is 1. The van der Waals surface area contributed by atoms with Crippen molar-refractivity contribution in [2.24, 2.45) is 5.92 Å². The van der Waals surface area contributed by atoms with Crippen molar-refractivity contribution in [1.82, 2.24) is 0 Å². The van der Waals surface area contributed by atoms with Crippen LogP contribution in [0.3, 0.4) is 0 Å². The third-order valence-corrected chi connectivity index (χ3v) is 4.11. The SMILES string of the molecule is CC1(C)CC(C(O)(CC=O)c2ccc(F)cc2)CCO1. The Kier molecular flexibility index (Phi) is 4.25. The summed E-state index contributed by atoms with van der Waals surface area (Å²) < 4.78 is 18.7. The Bertz CT molecular complexity index is 469. The highest BCUT2D eigenvalue weighted by atomic mass is 19.1. The van der Waals surface area contributed by atoms with E-state index < -0.39 is 5.60 Å². The molecular formula is C16H21FO3. The normalized spacial score (nSPS) is 24.9. The van der Waals surface area contributed by atoms with Gasteiger partial charge in [-0.25, -0.2) is 4.39 Å². The van der Waals surface area contributed by atoms with E-state index in [1.54, 1.807) is 12.1 Å². The van der Waals surface area contributed by atoms with Gasteiger partial charge in [0, 0.05) is 13.0 Å². The van der Waals surface area contributed by atoms with E-state index in [9.17, 15) is 14.3 Å². The van der Waals surface area contributed by atoms with Gasteiger partial charge in [-0.05, 0) is 50.3 Å². The molecule has 4 heteroatoms. The van der Waals surface area contributed by atoms with Crippen LogP contribution in [0.25, 0.3) is 0 Å². The van der Waals surface area contributed by atoms with Crippen LogP contribution < -0.4 is 0 Å². The maximum absolute atomic E-state index is 13.1. The summed E-state index contributed by atoms with van der Waals surface area (Å²) in [5, 5.41) is 11.0. The van der Waals surface area contributed by atoms with Crippen LogP contribution in [0.5, 0.6) is 0 Å². The zero-order valence-electron chi connectivity index (χ0n) is 11.9. The second-order valence-electron chi connectivity index (χ2n) is 6.10.